The van der Waals surface area contributed by atoms with E-state index < -0.39 is 5.97 Å². The second-order valence-electron chi connectivity index (χ2n) is 8.24. The maximum absolute atomic E-state index is 12.9. The van der Waals surface area contributed by atoms with Crippen LogP contribution >= 0.6 is 11.3 Å². The average Bonchev–Trinajstić information content (AvgIpc) is 3.40. The molecule has 0 saturated carbocycles. The van der Waals surface area contributed by atoms with Crippen LogP contribution in [0.2, 0.25) is 0 Å². The number of urea groups is 1. The Labute approximate surface area is 195 Å². The van der Waals surface area contributed by atoms with Crippen LogP contribution in [0.1, 0.15) is 28.1 Å². The standard InChI is InChI=1S/C25H23N3O4S/c29-22-14-17-8-4-5-9-20(17)28(22)18-10-12-27(13-11-18)25(32)26-19-15-21(33-23(19)24(30)31)16-6-2-1-3-7-16/h1-9,15,18H,10-14H2,(H,26,32)(H,30,31). The third-order valence-electron chi connectivity index (χ3n) is 6.20. The van der Waals surface area contributed by atoms with Gasteiger partial charge in [-0.1, -0.05) is 48.5 Å². The third kappa shape index (κ3) is 4.09. The quantitative estimate of drug-likeness (QED) is 0.589. The van der Waals surface area contributed by atoms with Gasteiger partial charge in [-0.3, -0.25) is 4.79 Å². The number of fused-ring (bicyclic) bond motifs is 1. The number of carboxylic acid groups (broad SMARTS) is 1. The molecule has 3 amide bonds. The molecule has 2 aliphatic rings. The molecule has 0 unspecified atom stereocenters. The Balaban J connectivity index is 1.26. The zero-order valence-corrected chi connectivity index (χ0v) is 18.7. The SMILES string of the molecule is O=C(O)c1sc(-c2ccccc2)cc1NC(=O)N1CCC(N2C(=O)Cc3ccccc32)CC1. The van der Waals surface area contributed by atoms with Crippen molar-refractivity contribution in [3.63, 3.8) is 0 Å². The summed E-state index contributed by atoms with van der Waals surface area (Å²) in [5.41, 5.74) is 3.24. The van der Waals surface area contributed by atoms with E-state index >= 15 is 0 Å². The minimum absolute atomic E-state index is 0.0608. The number of aromatic carboxylic acids is 1. The lowest BCUT2D eigenvalue weighted by atomic mass is 10.0. The molecule has 2 N–H and O–H groups in total. The van der Waals surface area contributed by atoms with Crippen LogP contribution in [0.15, 0.2) is 60.7 Å². The minimum atomic E-state index is -1.07. The lowest BCUT2D eigenvalue weighted by molar-refractivity contribution is -0.118. The number of thiophene rings is 1. The molecule has 2 aromatic carbocycles. The topological polar surface area (TPSA) is 89.9 Å². The summed E-state index contributed by atoms with van der Waals surface area (Å²) >= 11 is 1.14. The number of carboxylic acids is 1. The highest BCUT2D eigenvalue weighted by molar-refractivity contribution is 7.18. The van der Waals surface area contributed by atoms with Gasteiger partial charge in [0, 0.05) is 29.7 Å². The van der Waals surface area contributed by atoms with Crippen molar-refractivity contribution in [2.75, 3.05) is 23.3 Å². The van der Waals surface area contributed by atoms with Crippen molar-refractivity contribution in [1.82, 2.24) is 4.90 Å². The number of anilines is 2. The molecule has 0 atom stereocenters. The van der Waals surface area contributed by atoms with Gasteiger partial charge in [0.15, 0.2) is 0 Å². The zero-order chi connectivity index (χ0) is 22.9. The fourth-order valence-corrected chi connectivity index (χ4v) is 5.54. The van der Waals surface area contributed by atoms with Crippen LogP contribution in [-0.2, 0) is 11.2 Å². The van der Waals surface area contributed by atoms with Gasteiger partial charge in [0.2, 0.25) is 5.91 Å². The molecule has 0 spiro atoms. The zero-order valence-electron chi connectivity index (χ0n) is 17.9. The molecule has 1 saturated heterocycles. The number of nitrogens with zero attached hydrogens (tertiary/aromatic N) is 2. The predicted molar refractivity (Wildman–Crippen MR) is 128 cm³/mol. The Hall–Kier alpha value is -3.65. The van der Waals surface area contributed by atoms with Crippen LogP contribution in [0.5, 0.6) is 0 Å². The molecule has 33 heavy (non-hydrogen) atoms. The van der Waals surface area contributed by atoms with E-state index in [2.05, 4.69) is 5.32 Å². The first-order valence-electron chi connectivity index (χ1n) is 10.9. The molecule has 0 bridgehead atoms. The van der Waals surface area contributed by atoms with Crippen molar-refractivity contribution in [3.8, 4) is 10.4 Å². The van der Waals surface area contributed by atoms with Gasteiger partial charge in [-0.15, -0.1) is 11.3 Å². The van der Waals surface area contributed by atoms with Crippen molar-refractivity contribution >= 4 is 40.6 Å². The number of nitrogens with one attached hydrogen (secondary N) is 1. The molecule has 7 nitrogen and oxygen atoms in total. The number of carbonyl (C=O) groups is 3. The lowest BCUT2D eigenvalue weighted by Crippen LogP contribution is -2.49. The first-order valence-corrected chi connectivity index (χ1v) is 11.7. The number of piperidine rings is 1. The maximum atomic E-state index is 12.9. The average molecular weight is 462 g/mol. The fourth-order valence-electron chi connectivity index (χ4n) is 4.59. The van der Waals surface area contributed by atoms with Gasteiger partial charge < -0.3 is 20.2 Å². The number of likely N-dealkylation sites (tertiary alicyclic amines) is 1. The second kappa shape index (κ2) is 8.71. The van der Waals surface area contributed by atoms with Gasteiger partial charge in [0.05, 0.1) is 12.1 Å². The molecule has 1 aromatic heterocycles. The second-order valence-corrected chi connectivity index (χ2v) is 9.29. The summed E-state index contributed by atoms with van der Waals surface area (Å²) in [5, 5.41) is 12.4. The van der Waals surface area contributed by atoms with E-state index in [9.17, 15) is 19.5 Å². The van der Waals surface area contributed by atoms with Crippen LogP contribution in [0.4, 0.5) is 16.2 Å². The van der Waals surface area contributed by atoms with Gasteiger partial charge in [-0.25, -0.2) is 9.59 Å². The van der Waals surface area contributed by atoms with Crippen molar-refractivity contribution in [2.45, 2.75) is 25.3 Å². The number of carbonyl (C=O) groups excluding carboxylic acids is 2. The Morgan fingerprint density at radius 3 is 2.42 bits per heavy atom. The number of hydrogen-bond acceptors (Lipinski definition) is 4. The van der Waals surface area contributed by atoms with Crippen molar-refractivity contribution in [3.05, 3.63) is 71.1 Å². The van der Waals surface area contributed by atoms with E-state index in [1.54, 1.807) is 11.0 Å². The molecule has 8 heteroatoms. The van der Waals surface area contributed by atoms with Crippen LogP contribution < -0.4 is 10.2 Å². The first kappa shape index (κ1) is 21.2. The van der Waals surface area contributed by atoms with E-state index in [-0.39, 0.29) is 22.9 Å². The third-order valence-corrected chi connectivity index (χ3v) is 7.38. The van der Waals surface area contributed by atoms with E-state index in [4.69, 9.17) is 0 Å². The van der Waals surface area contributed by atoms with E-state index in [0.717, 1.165) is 33.0 Å². The summed E-state index contributed by atoms with van der Waals surface area (Å²) < 4.78 is 0. The fraction of sp³-hybridized carbons (Fsp3) is 0.240. The predicted octanol–water partition coefficient (Wildman–Crippen LogP) is 4.70. The molecule has 3 aromatic rings. The smallest absolute Gasteiger partial charge is 0.348 e. The molecule has 0 aliphatic carbocycles. The highest BCUT2D eigenvalue weighted by atomic mass is 32.1. The van der Waals surface area contributed by atoms with Crippen molar-refractivity contribution in [2.24, 2.45) is 0 Å². The molecular formula is C25H23N3O4S. The molecular weight excluding hydrogens is 438 g/mol. The number of hydrogen-bond donors (Lipinski definition) is 2. The molecule has 1 fully saturated rings. The summed E-state index contributed by atoms with van der Waals surface area (Å²) in [4.78, 5) is 41.7. The van der Waals surface area contributed by atoms with E-state index in [0.29, 0.717) is 38.0 Å². The Kier molecular flexibility index (Phi) is 5.60. The number of para-hydroxylation sites is 1. The van der Waals surface area contributed by atoms with Gasteiger partial charge >= 0.3 is 12.0 Å². The summed E-state index contributed by atoms with van der Waals surface area (Å²) in [6.07, 6.45) is 1.78. The molecule has 168 valence electrons. The van der Waals surface area contributed by atoms with Gasteiger partial charge in [-0.05, 0) is 36.1 Å². The van der Waals surface area contributed by atoms with Gasteiger partial charge in [0.25, 0.3) is 0 Å². The van der Waals surface area contributed by atoms with Gasteiger partial charge in [-0.2, -0.15) is 0 Å². The maximum Gasteiger partial charge on any atom is 0.348 e. The number of amides is 3. The van der Waals surface area contributed by atoms with E-state index in [1.165, 1.54) is 0 Å². The Bertz CT molecular complexity index is 1220. The van der Waals surface area contributed by atoms with Crippen molar-refractivity contribution < 1.29 is 19.5 Å². The molecule has 3 heterocycles. The largest absolute Gasteiger partial charge is 0.477 e. The van der Waals surface area contributed by atoms with Crippen LogP contribution in [0.25, 0.3) is 10.4 Å². The lowest BCUT2D eigenvalue weighted by Gasteiger charge is -2.37. The highest BCUT2D eigenvalue weighted by Crippen LogP contribution is 2.36. The molecule has 2 aliphatic heterocycles. The number of benzene rings is 2. The first-order chi connectivity index (χ1) is 16.0. The monoisotopic (exact) mass is 461 g/mol. The summed E-state index contributed by atoms with van der Waals surface area (Å²) in [6.45, 7) is 1.00. The van der Waals surface area contributed by atoms with Crippen molar-refractivity contribution in [1.29, 1.82) is 0 Å². The van der Waals surface area contributed by atoms with Gasteiger partial charge in [0.1, 0.15) is 4.88 Å². The highest BCUT2D eigenvalue weighted by Gasteiger charge is 2.35. The minimum Gasteiger partial charge on any atom is -0.477 e. The summed E-state index contributed by atoms with van der Waals surface area (Å²) in [7, 11) is 0. The summed E-state index contributed by atoms with van der Waals surface area (Å²) in [6, 6.07) is 18.8. The Morgan fingerprint density at radius 2 is 1.70 bits per heavy atom. The van der Waals surface area contributed by atoms with Crippen LogP contribution in [0.3, 0.4) is 0 Å². The molecule has 0 radical (unpaired) electrons. The van der Waals surface area contributed by atoms with Crippen LogP contribution in [-0.4, -0.2) is 47.0 Å². The Morgan fingerprint density at radius 1 is 1.00 bits per heavy atom. The van der Waals surface area contributed by atoms with Crippen LogP contribution in [0, 0.1) is 0 Å². The molecule has 5 rings (SSSR count). The number of rotatable bonds is 4. The van der Waals surface area contributed by atoms with E-state index in [1.807, 2.05) is 59.5 Å². The normalized spacial score (nSPS) is 16.1. The summed E-state index contributed by atoms with van der Waals surface area (Å²) in [5.74, 6) is -0.959.